The van der Waals surface area contributed by atoms with Gasteiger partial charge in [-0.3, -0.25) is 24.0 Å². The number of sulfonamides is 1. The van der Waals surface area contributed by atoms with Crippen LogP contribution in [-0.2, 0) is 26.2 Å². The third kappa shape index (κ3) is 8.23. The number of methoxy groups -OCH3 is 1. The molecule has 0 radical (unpaired) electrons. The average molecular weight is 631 g/mol. The summed E-state index contributed by atoms with van der Waals surface area (Å²) < 4.78 is 34.1. The highest BCUT2D eigenvalue weighted by atomic mass is 35.5. The highest BCUT2D eigenvalue weighted by Crippen LogP contribution is 2.30. The molecule has 0 heterocycles. The van der Waals surface area contributed by atoms with Gasteiger partial charge in [0.2, 0.25) is 11.8 Å². The summed E-state index contributed by atoms with van der Waals surface area (Å²) in [6, 6.07) is 15.3. The monoisotopic (exact) mass is 630 g/mol. The lowest BCUT2D eigenvalue weighted by Crippen LogP contribution is -2.54. The van der Waals surface area contributed by atoms with Crippen molar-refractivity contribution in [2.24, 2.45) is 0 Å². The van der Waals surface area contributed by atoms with Crippen molar-refractivity contribution in [2.45, 2.75) is 57.6 Å². The molecule has 3 aromatic rings. The van der Waals surface area contributed by atoms with Gasteiger partial charge in [0.15, 0.2) is 0 Å². The lowest BCUT2D eigenvalue weighted by Gasteiger charge is -2.33. The van der Waals surface area contributed by atoms with Gasteiger partial charge in [-0.25, -0.2) is 8.42 Å². The predicted molar refractivity (Wildman–Crippen MR) is 165 cm³/mol. The second-order valence-electron chi connectivity index (χ2n) is 10.9. The first-order valence-electron chi connectivity index (χ1n) is 13.3. The lowest BCUT2D eigenvalue weighted by molar-refractivity contribution is -0.385. The molecule has 0 saturated heterocycles. The fraction of sp³-hybridized carbons (Fsp3) is 0.333. The van der Waals surface area contributed by atoms with Gasteiger partial charge in [-0.2, -0.15) is 0 Å². The summed E-state index contributed by atoms with van der Waals surface area (Å²) in [4.78, 5) is 39.1. The molecule has 1 atom stereocenters. The van der Waals surface area contributed by atoms with Gasteiger partial charge >= 0.3 is 0 Å². The van der Waals surface area contributed by atoms with E-state index < -0.39 is 44.9 Å². The summed E-state index contributed by atoms with van der Waals surface area (Å²) in [7, 11) is -3.06. The molecule has 0 bridgehead atoms. The molecule has 3 rings (SSSR count). The molecule has 0 fully saturated rings. The van der Waals surface area contributed by atoms with E-state index in [1.165, 1.54) is 55.3 Å². The Morgan fingerprint density at radius 1 is 1.07 bits per heavy atom. The molecule has 2 amide bonds. The first-order chi connectivity index (χ1) is 20.0. The number of halogens is 1. The Bertz CT molecular complexity index is 1610. The van der Waals surface area contributed by atoms with Crippen LogP contribution in [0.1, 0.15) is 38.8 Å². The Morgan fingerprint density at radius 2 is 1.70 bits per heavy atom. The van der Waals surface area contributed by atoms with E-state index in [2.05, 4.69) is 5.32 Å². The summed E-state index contributed by atoms with van der Waals surface area (Å²) >= 11 is 6.39. The first-order valence-corrected chi connectivity index (χ1v) is 15.1. The zero-order chi connectivity index (χ0) is 32.1. The van der Waals surface area contributed by atoms with Crippen molar-refractivity contribution in [3.63, 3.8) is 0 Å². The van der Waals surface area contributed by atoms with E-state index in [9.17, 15) is 28.1 Å². The molecule has 0 aliphatic rings. The third-order valence-electron chi connectivity index (χ3n) is 6.57. The third-order valence-corrected chi connectivity index (χ3v) is 8.71. The molecular weight excluding hydrogens is 596 g/mol. The van der Waals surface area contributed by atoms with Crippen LogP contribution in [0.4, 0.5) is 11.4 Å². The van der Waals surface area contributed by atoms with Gasteiger partial charge in [-0.1, -0.05) is 35.9 Å². The molecule has 13 heteroatoms. The van der Waals surface area contributed by atoms with Gasteiger partial charge in [0.25, 0.3) is 15.7 Å². The number of nitrogens with zero attached hydrogens (tertiary/aromatic N) is 3. The van der Waals surface area contributed by atoms with Crippen LogP contribution in [0, 0.1) is 17.0 Å². The number of nitro benzene ring substituents is 1. The number of rotatable bonds is 11. The van der Waals surface area contributed by atoms with Gasteiger partial charge in [-0.05, 0) is 76.6 Å². The quantitative estimate of drug-likeness (QED) is 0.230. The molecule has 0 aliphatic carbocycles. The number of amides is 2. The Morgan fingerprint density at radius 3 is 2.26 bits per heavy atom. The van der Waals surface area contributed by atoms with Gasteiger partial charge in [-0.15, -0.1) is 0 Å². The fourth-order valence-corrected chi connectivity index (χ4v) is 5.85. The van der Waals surface area contributed by atoms with E-state index in [1.807, 2.05) is 0 Å². The normalized spacial score (nSPS) is 12.3. The predicted octanol–water partition coefficient (Wildman–Crippen LogP) is 5.09. The highest BCUT2D eigenvalue weighted by molar-refractivity contribution is 7.92. The van der Waals surface area contributed by atoms with Crippen molar-refractivity contribution in [1.29, 1.82) is 0 Å². The van der Waals surface area contributed by atoms with Crippen LogP contribution >= 0.6 is 11.6 Å². The minimum atomic E-state index is -4.52. The fourth-order valence-electron chi connectivity index (χ4n) is 4.22. The summed E-state index contributed by atoms with van der Waals surface area (Å²) in [6.07, 6.45) is 0. The SMILES string of the molecule is COc1ccc(N(CC(=O)N(Cc2ccccc2Cl)[C@H](C)C(=O)NC(C)(C)C)S(=O)(=O)c2ccc(C)c([N+](=O)[O-])c2)cc1. The number of nitro groups is 1. The van der Waals surface area contributed by atoms with Crippen molar-refractivity contribution in [3.05, 3.63) is 93.0 Å². The van der Waals surface area contributed by atoms with Crippen molar-refractivity contribution >= 4 is 44.8 Å². The van der Waals surface area contributed by atoms with E-state index in [0.717, 1.165) is 10.4 Å². The molecule has 0 saturated carbocycles. The molecule has 0 aromatic heterocycles. The van der Waals surface area contributed by atoms with Crippen LogP contribution in [0.2, 0.25) is 5.02 Å². The number of carbonyl (C=O) groups excluding carboxylic acids is 2. The lowest BCUT2D eigenvalue weighted by atomic mass is 10.1. The molecule has 0 unspecified atom stereocenters. The number of aryl methyl sites for hydroxylation is 1. The van der Waals surface area contributed by atoms with Gasteiger partial charge < -0.3 is 15.0 Å². The summed E-state index contributed by atoms with van der Waals surface area (Å²) in [5.41, 5.74) is -0.0263. The summed E-state index contributed by atoms with van der Waals surface area (Å²) in [5.74, 6) is -0.690. The van der Waals surface area contributed by atoms with Crippen LogP contribution < -0.4 is 14.4 Å². The molecule has 11 nitrogen and oxygen atoms in total. The summed E-state index contributed by atoms with van der Waals surface area (Å²) in [6.45, 7) is 7.66. The minimum Gasteiger partial charge on any atom is -0.497 e. The Labute approximate surface area is 256 Å². The Kier molecular flexibility index (Phi) is 10.4. The Balaban J connectivity index is 2.11. The van der Waals surface area contributed by atoms with E-state index >= 15 is 0 Å². The molecule has 0 aliphatic heterocycles. The molecule has 1 N–H and O–H groups in total. The van der Waals surface area contributed by atoms with Gasteiger partial charge in [0, 0.05) is 28.7 Å². The van der Waals surface area contributed by atoms with Crippen molar-refractivity contribution in [2.75, 3.05) is 18.0 Å². The highest BCUT2D eigenvalue weighted by Gasteiger charge is 2.34. The number of hydrogen-bond donors (Lipinski definition) is 1. The maximum atomic E-state index is 14.0. The van der Waals surface area contributed by atoms with Crippen LogP contribution in [0.15, 0.2) is 71.6 Å². The number of carbonyl (C=O) groups is 2. The number of hydrogen-bond acceptors (Lipinski definition) is 7. The molecule has 43 heavy (non-hydrogen) atoms. The van der Waals surface area contributed by atoms with Gasteiger partial charge in [0.05, 0.1) is 22.6 Å². The van der Waals surface area contributed by atoms with Crippen LogP contribution in [-0.4, -0.2) is 55.3 Å². The van der Waals surface area contributed by atoms with E-state index in [4.69, 9.17) is 16.3 Å². The standard InChI is InChI=1S/C30H35ClN4O7S/c1-20-11-16-25(17-27(20)35(38)39)43(40,41)34(23-12-14-24(42-6)15-13-23)19-28(36)33(18-22-9-7-8-10-26(22)31)21(2)29(37)32-30(3,4)5/h7-17,21H,18-19H2,1-6H3,(H,32,37)/t21-/m1/s1. The van der Waals surface area contributed by atoms with Crippen LogP contribution in [0.5, 0.6) is 5.75 Å². The number of anilines is 1. The maximum Gasteiger partial charge on any atom is 0.273 e. The van der Waals surface area contributed by atoms with Crippen molar-refractivity contribution in [3.8, 4) is 5.75 Å². The smallest absolute Gasteiger partial charge is 0.273 e. The number of nitrogens with one attached hydrogen (secondary N) is 1. The number of ether oxygens (including phenoxy) is 1. The second-order valence-corrected chi connectivity index (χ2v) is 13.2. The van der Waals surface area contributed by atoms with Crippen LogP contribution in [0.3, 0.4) is 0 Å². The van der Waals surface area contributed by atoms with E-state index in [0.29, 0.717) is 16.3 Å². The zero-order valence-corrected chi connectivity index (χ0v) is 26.4. The Hall–Kier alpha value is -4.16. The van der Waals surface area contributed by atoms with E-state index in [-0.39, 0.29) is 28.4 Å². The van der Waals surface area contributed by atoms with Crippen LogP contribution in [0.25, 0.3) is 0 Å². The zero-order valence-electron chi connectivity index (χ0n) is 24.8. The molecule has 3 aromatic carbocycles. The second kappa shape index (κ2) is 13.4. The molecule has 0 spiro atoms. The average Bonchev–Trinajstić information content (AvgIpc) is 2.94. The van der Waals surface area contributed by atoms with Gasteiger partial charge in [0.1, 0.15) is 18.3 Å². The number of benzene rings is 3. The van der Waals surface area contributed by atoms with Crippen molar-refractivity contribution < 1.29 is 27.7 Å². The first kappa shape index (κ1) is 33.3. The maximum absolute atomic E-state index is 14.0. The van der Waals surface area contributed by atoms with Crippen molar-refractivity contribution in [1.82, 2.24) is 10.2 Å². The molecular formula is C30H35ClN4O7S. The summed E-state index contributed by atoms with van der Waals surface area (Å²) in [5, 5.41) is 14.8. The largest absolute Gasteiger partial charge is 0.497 e. The molecule has 230 valence electrons. The minimum absolute atomic E-state index is 0.0796. The van der Waals surface area contributed by atoms with E-state index in [1.54, 1.807) is 52.0 Å². The topological polar surface area (TPSA) is 139 Å².